The molecule has 1 aliphatic rings. The number of ether oxygens (including phenoxy) is 1. The number of fused-ring (bicyclic) bond motifs is 1. The summed E-state index contributed by atoms with van der Waals surface area (Å²) < 4.78 is 6.08. The van der Waals surface area contributed by atoms with Gasteiger partial charge in [-0.1, -0.05) is 58.9 Å². The van der Waals surface area contributed by atoms with Crippen LogP contribution in [0.5, 0.6) is 5.75 Å². The molecule has 3 rings (SSSR count). The molecule has 2 aromatic carbocycles. The average molecular weight is 380 g/mol. The number of anilines is 1. The van der Waals surface area contributed by atoms with Crippen molar-refractivity contribution in [3.8, 4) is 5.75 Å². The van der Waals surface area contributed by atoms with E-state index in [2.05, 4.69) is 78.0 Å². The molecular weight excluding hydrogens is 346 g/mol. The fourth-order valence-electron chi connectivity index (χ4n) is 3.96. The van der Waals surface area contributed by atoms with E-state index in [1.54, 1.807) is 0 Å². The van der Waals surface area contributed by atoms with Gasteiger partial charge in [0.05, 0.1) is 6.61 Å². The van der Waals surface area contributed by atoms with Crippen molar-refractivity contribution in [3.63, 3.8) is 0 Å². The molecule has 0 spiro atoms. The number of rotatable bonds is 4. The van der Waals surface area contributed by atoms with Crippen molar-refractivity contribution in [2.45, 2.75) is 66.7 Å². The van der Waals surface area contributed by atoms with Crippen LogP contribution in [0.2, 0.25) is 0 Å². The maximum atomic E-state index is 12.5. The Morgan fingerprint density at radius 2 is 1.82 bits per heavy atom. The summed E-state index contributed by atoms with van der Waals surface area (Å²) in [6.07, 6.45) is 0.499. The van der Waals surface area contributed by atoms with E-state index < -0.39 is 0 Å². The molecule has 1 heterocycles. The van der Waals surface area contributed by atoms with Gasteiger partial charge in [-0.15, -0.1) is 0 Å². The lowest BCUT2D eigenvalue weighted by molar-refractivity contribution is -0.117. The van der Waals surface area contributed by atoms with E-state index in [-0.39, 0.29) is 17.2 Å². The largest absolute Gasteiger partial charge is 0.492 e. The molecule has 0 aromatic heterocycles. The Morgan fingerprint density at radius 1 is 1.18 bits per heavy atom. The highest BCUT2D eigenvalue weighted by Gasteiger charge is 2.31. The molecule has 1 amide bonds. The molecule has 0 saturated heterocycles. The Hall–Kier alpha value is -2.29. The van der Waals surface area contributed by atoms with Gasteiger partial charge in [0, 0.05) is 23.6 Å². The van der Waals surface area contributed by atoms with Crippen LogP contribution in [0, 0.1) is 19.3 Å². The summed E-state index contributed by atoms with van der Waals surface area (Å²) in [5.41, 5.74) is 6.88. The van der Waals surface area contributed by atoms with Crippen molar-refractivity contribution < 1.29 is 9.53 Å². The number of hydrogen-bond donors (Lipinski definition) is 1. The lowest BCUT2D eigenvalue weighted by atomic mass is 9.87. The van der Waals surface area contributed by atoms with E-state index in [9.17, 15) is 4.79 Å². The summed E-state index contributed by atoms with van der Waals surface area (Å²) in [6, 6.07) is 10.9. The fourth-order valence-corrected chi connectivity index (χ4v) is 3.96. The first-order valence-corrected chi connectivity index (χ1v) is 10.2. The first-order valence-electron chi connectivity index (χ1n) is 10.2. The summed E-state index contributed by atoms with van der Waals surface area (Å²) in [7, 11) is 0. The van der Waals surface area contributed by atoms with Gasteiger partial charge in [-0.2, -0.15) is 0 Å². The molecule has 1 atom stereocenters. The zero-order valence-electron chi connectivity index (χ0n) is 18.3. The van der Waals surface area contributed by atoms with Crippen molar-refractivity contribution in [3.05, 3.63) is 58.1 Å². The van der Waals surface area contributed by atoms with Gasteiger partial charge in [0.1, 0.15) is 5.75 Å². The van der Waals surface area contributed by atoms with Crippen molar-refractivity contribution >= 4 is 11.6 Å². The molecule has 0 saturated carbocycles. The molecule has 2 aromatic rings. The maximum absolute atomic E-state index is 12.5. The molecule has 0 aliphatic carbocycles. The smallest absolute Gasteiger partial charge is 0.224 e. The van der Waals surface area contributed by atoms with Gasteiger partial charge in [-0.3, -0.25) is 4.79 Å². The molecule has 1 aliphatic heterocycles. The minimum absolute atomic E-state index is 0.0342. The molecule has 1 unspecified atom stereocenters. The summed E-state index contributed by atoms with van der Waals surface area (Å²) in [4.78, 5) is 12.5. The molecule has 0 radical (unpaired) electrons. The third-order valence-electron chi connectivity index (χ3n) is 5.48. The monoisotopic (exact) mass is 379 g/mol. The zero-order valence-corrected chi connectivity index (χ0v) is 18.3. The summed E-state index contributed by atoms with van der Waals surface area (Å²) in [6.45, 7) is 15.5. The van der Waals surface area contributed by atoms with Crippen molar-refractivity contribution in [2.75, 3.05) is 11.9 Å². The quantitative estimate of drug-likeness (QED) is 0.674. The zero-order chi connectivity index (χ0) is 20.6. The lowest BCUT2D eigenvalue weighted by Gasteiger charge is -2.20. The van der Waals surface area contributed by atoms with Crippen LogP contribution in [0.3, 0.4) is 0 Å². The molecule has 3 heteroatoms. The topological polar surface area (TPSA) is 38.3 Å². The molecular formula is C25H33NO2. The second-order valence-corrected chi connectivity index (χ2v) is 9.58. The number of nitrogens with one attached hydrogen (secondary N) is 1. The Bertz CT molecular complexity index is 873. The van der Waals surface area contributed by atoms with Crippen molar-refractivity contribution in [1.82, 2.24) is 0 Å². The third-order valence-corrected chi connectivity index (χ3v) is 5.48. The number of amides is 1. The van der Waals surface area contributed by atoms with Gasteiger partial charge in [0.25, 0.3) is 0 Å². The maximum Gasteiger partial charge on any atom is 0.224 e. The third kappa shape index (κ3) is 4.24. The molecule has 28 heavy (non-hydrogen) atoms. The van der Waals surface area contributed by atoms with Crippen LogP contribution in [0.25, 0.3) is 0 Å². The number of hydrogen-bond acceptors (Lipinski definition) is 2. The SMILES string of the molecule is Cc1cc(NC(=O)CC(C)(C)C)c(C)c2c1OCC2c1ccc(C(C)C)cc1. The van der Waals surface area contributed by atoms with E-state index in [4.69, 9.17) is 4.74 Å². The summed E-state index contributed by atoms with van der Waals surface area (Å²) in [5.74, 6) is 1.76. The predicted octanol–water partition coefficient (Wildman–Crippen LogP) is 6.33. The minimum atomic E-state index is -0.0342. The first kappa shape index (κ1) is 20.4. The highest BCUT2D eigenvalue weighted by atomic mass is 16.5. The number of aryl methyl sites for hydroxylation is 1. The lowest BCUT2D eigenvalue weighted by Crippen LogP contribution is -2.20. The van der Waals surface area contributed by atoms with E-state index >= 15 is 0 Å². The highest BCUT2D eigenvalue weighted by Crippen LogP contribution is 2.45. The Labute approximate surface area is 169 Å². The van der Waals surface area contributed by atoms with Crippen LogP contribution >= 0.6 is 0 Å². The van der Waals surface area contributed by atoms with Crippen LogP contribution in [0.1, 0.15) is 80.7 Å². The van der Waals surface area contributed by atoms with Gasteiger partial charge >= 0.3 is 0 Å². The first-order chi connectivity index (χ1) is 13.1. The van der Waals surface area contributed by atoms with Crippen LogP contribution < -0.4 is 10.1 Å². The highest BCUT2D eigenvalue weighted by molar-refractivity contribution is 5.92. The van der Waals surface area contributed by atoms with Gasteiger partial charge in [-0.25, -0.2) is 0 Å². The Balaban J connectivity index is 1.94. The van der Waals surface area contributed by atoms with Crippen molar-refractivity contribution in [1.29, 1.82) is 0 Å². The van der Waals surface area contributed by atoms with Gasteiger partial charge < -0.3 is 10.1 Å². The van der Waals surface area contributed by atoms with E-state index in [0.717, 1.165) is 22.6 Å². The molecule has 150 valence electrons. The number of benzene rings is 2. The summed E-state index contributed by atoms with van der Waals surface area (Å²) in [5, 5.41) is 3.14. The van der Waals surface area contributed by atoms with Gasteiger partial charge in [0.2, 0.25) is 5.91 Å². The van der Waals surface area contributed by atoms with Crippen LogP contribution in [-0.4, -0.2) is 12.5 Å². The number of carbonyl (C=O) groups is 1. The normalized spacial score (nSPS) is 16.1. The second-order valence-electron chi connectivity index (χ2n) is 9.58. The summed E-state index contributed by atoms with van der Waals surface area (Å²) >= 11 is 0. The van der Waals surface area contributed by atoms with E-state index in [1.807, 2.05) is 6.07 Å². The van der Waals surface area contributed by atoms with Crippen LogP contribution in [0.4, 0.5) is 5.69 Å². The standard InChI is InChI=1S/C25H33NO2/c1-15(2)18-8-10-19(11-9-18)20-14-28-24-16(3)12-21(17(4)23(20)24)26-22(27)13-25(5,6)7/h8-12,15,20H,13-14H2,1-7H3,(H,26,27). The molecule has 0 fully saturated rings. The molecule has 3 nitrogen and oxygen atoms in total. The average Bonchev–Trinajstić information content (AvgIpc) is 3.03. The predicted molar refractivity (Wildman–Crippen MR) is 116 cm³/mol. The number of carbonyl (C=O) groups excluding carboxylic acids is 1. The molecule has 1 N–H and O–H groups in total. The van der Waals surface area contributed by atoms with Gasteiger partial charge in [-0.05, 0) is 53.5 Å². The van der Waals surface area contributed by atoms with Gasteiger partial charge in [0.15, 0.2) is 0 Å². The fraction of sp³-hybridized carbons (Fsp3) is 0.480. The minimum Gasteiger partial charge on any atom is -0.492 e. The van der Waals surface area contributed by atoms with Crippen LogP contribution in [-0.2, 0) is 4.79 Å². The Kier molecular flexibility index (Phi) is 5.56. The van der Waals surface area contributed by atoms with Crippen molar-refractivity contribution in [2.24, 2.45) is 5.41 Å². The van der Waals surface area contributed by atoms with Crippen LogP contribution in [0.15, 0.2) is 30.3 Å². The molecule has 0 bridgehead atoms. The Morgan fingerprint density at radius 3 is 2.39 bits per heavy atom. The second kappa shape index (κ2) is 7.62. The van der Waals surface area contributed by atoms with E-state index in [0.29, 0.717) is 18.9 Å². The van der Waals surface area contributed by atoms with E-state index in [1.165, 1.54) is 16.7 Å².